The van der Waals surface area contributed by atoms with Crippen LogP contribution in [0.4, 0.5) is 0 Å². The van der Waals surface area contributed by atoms with Gasteiger partial charge < -0.3 is 15.6 Å². The summed E-state index contributed by atoms with van der Waals surface area (Å²) in [5.41, 5.74) is 6.43. The fraction of sp³-hybridized carbons (Fsp3) is 0.400. The number of aromatic amines is 1. The zero-order chi connectivity index (χ0) is 12.1. The number of H-pyrrole nitrogens is 1. The minimum atomic E-state index is -0.128. The highest BCUT2D eigenvalue weighted by molar-refractivity contribution is 5.94. The van der Waals surface area contributed by atoms with Gasteiger partial charge in [-0.1, -0.05) is 0 Å². The van der Waals surface area contributed by atoms with Crippen molar-refractivity contribution in [2.75, 3.05) is 20.6 Å². The molecule has 0 aliphatic rings. The van der Waals surface area contributed by atoms with E-state index in [1.807, 2.05) is 25.4 Å². The summed E-state index contributed by atoms with van der Waals surface area (Å²) >= 11 is 0. The van der Waals surface area contributed by atoms with E-state index in [2.05, 4.69) is 4.98 Å². The molecule has 5 N–H and O–H groups in total. The van der Waals surface area contributed by atoms with E-state index in [4.69, 9.17) is 16.6 Å². The van der Waals surface area contributed by atoms with Gasteiger partial charge in [0.2, 0.25) is 0 Å². The fourth-order valence-electron chi connectivity index (χ4n) is 1.29. The third kappa shape index (κ3) is 3.01. The molecule has 6 nitrogen and oxygen atoms in total. The molecule has 16 heavy (non-hydrogen) atoms. The van der Waals surface area contributed by atoms with Crippen LogP contribution in [0.25, 0.3) is 0 Å². The summed E-state index contributed by atoms with van der Waals surface area (Å²) in [7, 11) is 3.42. The second-order valence-electron chi connectivity index (χ2n) is 3.63. The Morgan fingerprint density at radius 3 is 2.62 bits per heavy atom. The predicted molar refractivity (Wildman–Crippen MR) is 64.5 cm³/mol. The zero-order valence-electron chi connectivity index (χ0n) is 9.62. The van der Waals surface area contributed by atoms with Gasteiger partial charge >= 0.3 is 0 Å². The Kier molecular flexibility index (Phi) is 3.93. The Morgan fingerprint density at radius 1 is 1.44 bits per heavy atom. The number of nitrogens with two attached hydrogens (primary N) is 1. The first-order valence-electron chi connectivity index (χ1n) is 5.02. The monoisotopic (exact) mass is 222 g/mol. The number of hydrogen-bond donors (Lipinski definition) is 4. The summed E-state index contributed by atoms with van der Waals surface area (Å²) in [6.07, 6.45) is 2.71. The summed E-state index contributed by atoms with van der Waals surface area (Å²) in [5.74, 6) is 0.0933. The van der Waals surface area contributed by atoms with Gasteiger partial charge in [0.05, 0.1) is 0 Å². The number of nitrogens with zero attached hydrogens (tertiary/aromatic N) is 2. The van der Waals surface area contributed by atoms with Gasteiger partial charge in [0.25, 0.3) is 0 Å². The minimum absolute atomic E-state index is 0.128. The highest BCUT2D eigenvalue weighted by Crippen LogP contribution is 1.98. The number of aromatic nitrogens is 1. The Balaban J connectivity index is 2.43. The number of rotatable bonds is 3. The maximum atomic E-state index is 7.78. The second kappa shape index (κ2) is 5.20. The average molecular weight is 222 g/mol. The first kappa shape index (κ1) is 12.1. The van der Waals surface area contributed by atoms with Gasteiger partial charge in [0.1, 0.15) is 0 Å². The van der Waals surface area contributed by atoms with Crippen LogP contribution in [0, 0.1) is 10.8 Å². The normalized spacial score (nSPS) is 9.88. The van der Waals surface area contributed by atoms with E-state index < -0.39 is 0 Å². The highest BCUT2D eigenvalue weighted by atomic mass is 15.4. The molecule has 0 saturated heterocycles. The Labute approximate surface area is 95.1 Å². The van der Waals surface area contributed by atoms with Crippen molar-refractivity contribution in [2.45, 2.75) is 6.42 Å². The van der Waals surface area contributed by atoms with Gasteiger partial charge in [-0.3, -0.25) is 15.7 Å². The van der Waals surface area contributed by atoms with E-state index >= 15 is 0 Å². The number of hydrogen-bond acceptors (Lipinski definition) is 2. The molecule has 88 valence electrons. The molecule has 1 heterocycles. The van der Waals surface area contributed by atoms with Crippen molar-refractivity contribution in [3.05, 3.63) is 24.0 Å². The molecule has 0 atom stereocenters. The van der Waals surface area contributed by atoms with Gasteiger partial charge in [0, 0.05) is 39.0 Å². The topological polar surface area (TPSA) is 96.0 Å². The van der Waals surface area contributed by atoms with E-state index in [1.165, 1.54) is 4.90 Å². The summed E-state index contributed by atoms with van der Waals surface area (Å²) in [6, 6.07) is 3.95. The van der Waals surface area contributed by atoms with Gasteiger partial charge in [0.15, 0.2) is 11.9 Å². The lowest BCUT2D eigenvalue weighted by Gasteiger charge is -2.26. The number of nitrogens with one attached hydrogen (secondary N) is 3. The molecule has 0 fully saturated rings. The lowest BCUT2D eigenvalue weighted by Crippen LogP contribution is -2.46. The molecule has 1 aromatic heterocycles. The fourth-order valence-corrected chi connectivity index (χ4v) is 1.29. The van der Waals surface area contributed by atoms with Crippen molar-refractivity contribution in [1.82, 2.24) is 14.8 Å². The van der Waals surface area contributed by atoms with Crippen LogP contribution in [-0.2, 0) is 6.42 Å². The van der Waals surface area contributed by atoms with Crippen molar-refractivity contribution in [3.8, 4) is 0 Å². The average Bonchev–Trinajstić information content (AvgIpc) is 2.76. The third-order valence-electron chi connectivity index (χ3n) is 2.42. The Bertz CT molecular complexity index is 355. The van der Waals surface area contributed by atoms with Crippen molar-refractivity contribution < 1.29 is 0 Å². The minimum Gasteiger partial charge on any atom is -0.370 e. The quantitative estimate of drug-likeness (QED) is 0.436. The van der Waals surface area contributed by atoms with Crippen molar-refractivity contribution >= 4 is 11.9 Å². The van der Waals surface area contributed by atoms with Gasteiger partial charge in [-0.05, 0) is 12.1 Å². The van der Waals surface area contributed by atoms with Crippen LogP contribution in [0.3, 0.4) is 0 Å². The molecule has 1 aromatic rings. The molecule has 0 amide bonds. The molecule has 0 unspecified atom stereocenters. The van der Waals surface area contributed by atoms with Crippen LogP contribution in [0.1, 0.15) is 5.69 Å². The lowest BCUT2D eigenvalue weighted by molar-refractivity contribution is 0.447. The Morgan fingerprint density at radius 2 is 2.12 bits per heavy atom. The van der Waals surface area contributed by atoms with Crippen LogP contribution < -0.4 is 5.73 Å². The van der Waals surface area contributed by atoms with Crippen LogP contribution in [0.2, 0.25) is 0 Å². The molecule has 0 aromatic carbocycles. The summed E-state index contributed by atoms with van der Waals surface area (Å²) in [5, 5.41) is 15.0. The van der Waals surface area contributed by atoms with E-state index in [0.29, 0.717) is 6.54 Å². The third-order valence-corrected chi connectivity index (χ3v) is 2.42. The predicted octanol–water partition coefficient (Wildman–Crippen LogP) is 0.249. The Hall–Kier alpha value is -1.98. The SMILES string of the molecule is CN(CCc1ccc[nH]1)C(=N)N(C)C(=N)N. The standard InChI is InChI=1S/C10H18N6/c1-15(10(13)16(2)9(11)12)7-5-8-4-3-6-14-8/h3-4,6,13-14H,5,7H2,1-2H3,(H3,11,12). The molecular weight excluding hydrogens is 204 g/mol. The maximum absolute atomic E-state index is 7.78. The van der Waals surface area contributed by atoms with Crippen LogP contribution >= 0.6 is 0 Å². The maximum Gasteiger partial charge on any atom is 0.200 e. The van der Waals surface area contributed by atoms with Crippen molar-refractivity contribution in [1.29, 1.82) is 10.8 Å². The molecule has 1 rings (SSSR count). The first-order valence-corrected chi connectivity index (χ1v) is 5.02. The molecule has 0 spiro atoms. The molecule has 0 saturated carbocycles. The zero-order valence-corrected chi connectivity index (χ0v) is 9.62. The van der Waals surface area contributed by atoms with Crippen LogP contribution in [-0.4, -0.2) is 47.3 Å². The van der Waals surface area contributed by atoms with Gasteiger partial charge in [-0.25, -0.2) is 0 Å². The molecule has 6 heteroatoms. The largest absolute Gasteiger partial charge is 0.370 e. The summed E-state index contributed by atoms with van der Waals surface area (Å²) < 4.78 is 0. The molecule has 0 aliphatic carbocycles. The first-order chi connectivity index (χ1) is 7.52. The van der Waals surface area contributed by atoms with Crippen LogP contribution in [0.15, 0.2) is 18.3 Å². The van der Waals surface area contributed by atoms with Crippen molar-refractivity contribution in [3.63, 3.8) is 0 Å². The van der Waals surface area contributed by atoms with E-state index in [9.17, 15) is 0 Å². The molecule has 0 bridgehead atoms. The molecule has 0 radical (unpaired) electrons. The second-order valence-corrected chi connectivity index (χ2v) is 3.63. The number of likely N-dealkylation sites (N-methyl/N-ethyl adjacent to an activating group) is 1. The summed E-state index contributed by atoms with van der Waals surface area (Å²) in [6.45, 7) is 0.705. The van der Waals surface area contributed by atoms with Crippen LogP contribution in [0.5, 0.6) is 0 Å². The van der Waals surface area contributed by atoms with Crippen molar-refractivity contribution in [2.24, 2.45) is 5.73 Å². The highest BCUT2D eigenvalue weighted by Gasteiger charge is 2.11. The summed E-state index contributed by atoms with van der Waals surface area (Å²) in [4.78, 5) is 6.19. The van der Waals surface area contributed by atoms with E-state index in [0.717, 1.165) is 12.1 Å². The number of guanidine groups is 2. The van der Waals surface area contributed by atoms with E-state index in [1.54, 1.807) is 11.9 Å². The van der Waals surface area contributed by atoms with Gasteiger partial charge in [-0.15, -0.1) is 0 Å². The lowest BCUT2D eigenvalue weighted by atomic mass is 10.3. The van der Waals surface area contributed by atoms with E-state index in [-0.39, 0.29) is 11.9 Å². The molecule has 0 aliphatic heterocycles. The van der Waals surface area contributed by atoms with Gasteiger partial charge in [-0.2, -0.15) is 0 Å². The molecular formula is C10H18N6. The smallest absolute Gasteiger partial charge is 0.200 e.